The maximum absolute atomic E-state index is 5.52. The van der Waals surface area contributed by atoms with Crippen LogP contribution in [0.4, 0.5) is 0 Å². The molecule has 0 aliphatic carbocycles. The molecule has 0 aliphatic rings. The van der Waals surface area contributed by atoms with Crippen LogP contribution >= 0.6 is 15.9 Å². The van der Waals surface area contributed by atoms with E-state index in [1.54, 1.807) is 0 Å². The lowest BCUT2D eigenvalue weighted by Gasteiger charge is -2.05. The maximum atomic E-state index is 5.52. The van der Waals surface area contributed by atoms with E-state index in [-0.39, 0.29) is 0 Å². The second-order valence-electron chi connectivity index (χ2n) is 3.41. The number of hydrogen-bond acceptors (Lipinski definition) is 2. The van der Waals surface area contributed by atoms with E-state index in [2.05, 4.69) is 40.1 Å². The number of aromatic nitrogens is 2. The van der Waals surface area contributed by atoms with E-state index in [1.165, 1.54) is 5.56 Å². The molecule has 0 spiro atoms. The Balaban J connectivity index is 2.44. The normalized spacial score (nSPS) is 10.6. The van der Waals surface area contributed by atoms with Crippen molar-refractivity contribution in [3.8, 4) is 5.69 Å². The Labute approximate surface area is 97.0 Å². The van der Waals surface area contributed by atoms with Crippen molar-refractivity contribution in [2.24, 2.45) is 5.73 Å². The van der Waals surface area contributed by atoms with E-state index >= 15 is 0 Å². The third-order valence-electron chi connectivity index (χ3n) is 2.20. The maximum Gasteiger partial charge on any atom is 0.0787 e. The largest absolute Gasteiger partial charge is 0.325 e. The van der Waals surface area contributed by atoms with E-state index in [9.17, 15) is 0 Å². The molecule has 2 rings (SSSR count). The first-order chi connectivity index (χ1) is 7.20. The van der Waals surface area contributed by atoms with Crippen LogP contribution in [0.25, 0.3) is 5.69 Å². The van der Waals surface area contributed by atoms with Gasteiger partial charge in [-0.1, -0.05) is 6.07 Å². The van der Waals surface area contributed by atoms with Gasteiger partial charge in [-0.3, -0.25) is 0 Å². The van der Waals surface area contributed by atoms with Gasteiger partial charge in [0.05, 0.1) is 11.4 Å². The molecule has 2 aromatic rings. The summed E-state index contributed by atoms with van der Waals surface area (Å²) in [5.74, 6) is 0. The molecule has 0 radical (unpaired) electrons. The predicted molar refractivity (Wildman–Crippen MR) is 63.9 cm³/mol. The van der Waals surface area contributed by atoms with Crippen LogP contribution in [0.5, 0.6) is 0 Å². The summed E-state index contributed by atoms with van der Waals surface area (Å²) in [7, 11) is 0. The van der Waals surface area contributed by atoms with Gasteiger partial charge in [0.15, 0.2) is 0 Å². The number of rotatable bonds is 2. The third-order valence-corrected chi connectivity index (χ3v) is 2.84. The van der Waals surface area contributed by atoms with Crippen molar-refractivity contribution in [3.63, 3.8) is 0 Å². The Kier molecular flexibility index (Phi) is 2.88. The minimum Gasteiger partial charge on any atom is -0.325 e. The fraction of sp³-hybridized carbons (Fsp3) is 0.182. The van der Waals surface area contributed by atoms with E-state index in [1.807, 2.05) is 23.0 Å². The number of aryl methyl sites for hydroxylation is 1. The molecule has 1 aromatic carbocycles. The van der Waals surface area contributed by atoms with Crippen molar-refractivity contribution in [1.82, 2.24) is 9.78 Å². The van der Waals surface area contributed by atoms with Crippen molar-refractivity contribution in [3.05, 3.63) is 46.2 Å². The zero-order valence-electron chi connectivity index (χ0n) is 8.44. The molecular formula is C11H12BrN3. The summed E-state index contributed by atoms with van der Waals surface area (Å²) in [5, 5.41) is 4.35. The Hall–Kier alpha value is -1.13. The SMILES string of the molecule is Cc1ccc(-n2ccc(CN)n2)c(Br)c1. The smallest absolute Gasteiger partial charge is 0.0787 e. The molecule has 0 atom stereocenters. The molecule has 0 aliphatic heterocycles. The summed E-state index contributed by atoms with van der Waals surface area (Å²) >= 11 is 3.52. The van der Waals surface area contributed by atoms with E-state index in [0.29, 0.717) is 6.54 Å². The van der Waals surface area contributed by atoms with E-state index in [4.69, 9.17) is 5.73 Å². The fourth-order valence-electron chi connectivity index (χ4n) is 1.40. The second kappa shape index (κ2) is 4.16. The molecule has 0 saturated carbocycles. The van der Waals surface area contributed by atoms with Gasteiger partial charge in [-0.2, -0.15) is 5.10 Å². The third kappa shape index (κ3) is 2.11. The highest BCUT2D eigenvalue weighted by atomic mass is 79.9. The summed E-state index contributed by atoms with van der Waals surface area (Å²) in [5.41, 5.74) is 8.65. The van der Waals surface area contributed by atoms with Gasteiger partial charge in [-0.15, -0.1) is 0 Å². The Morgan fingerprint density at radius 1 is 1.40 bits per heavy atom. The van der Waals surface area contributed by atoms with E-state index < -0.39 is 0 Å². The topological polar surface area (TPSA) is 43.8 Å². The lowest BCUT2D eigenvalue weighted by Crippen LogP contribution is -2.01. The van der Waals surface area contributed by atoms with Crippen LogP contribution in [-0.2, 0) is 6.54 Å². The van der Waals surface area contributed by atoms with Crippen molar-refractivity contribution >= 4 is 15.9 Å². The average Bonchev–Trinajstić information content (AvgIpc) is 2.66. The zero-order valence-corrected chi connectivity index (χ0v) is 10.0. The average molecular weight is 266 g/mol. The molecule has 78 valence electrons. The summed E-state index contributed by atoms with van der Waals surface area (Å²) in [6, 6.07) is 8.09. The summed E-state index contributed by atoms with van der Waals surface area (Å²) in [6.45, 7) is 2.53. The van der Waals surface area contributed by atoms with Gasteiger partial charge in [0.25, 0.3) is 0 Å². The summed E-state index contributed by atoms with van der Waals surface area (Å²) < 4.78 is 2.86. The fourth-order valence-corrected chi connectivity index (χ4v) is 2.08. The lowest BCUT2D eigenvalue weighted by atomic mass is 10.2. The number of benzene rings is 1. The number of nitrogens with zero attached hydrogens (tertiary/aromatic N) is 2. The van der Waals surface area contributed by atoms with Gasteiger partial charge in [0.2, 0.25) is 0 Å². The lowest BCUT2D eigenvalue weighted by molar-refractivity contribution is 0.830. The first-order valence-electron chi connectivity index (χ1n) is 4.72. The molecule has 15 heavy (non-hydrogen) atoms. The van der Waals surface area contributed by atoms with Crippen LogP contribution in [-0.4, -0.2) is 9.78 Å². The first kappa shape index (κ1) is 10.4. The van der Waals surface area contributed by atoms with Gasteiger partial charge in [0, 0.05) is 17.2 Å². The molecule has 0 bridgehead atoms. The standard InChI is InChI=1S/C11H12BrN3/c1-8-2-3-11(10(12)6-8)15-5-4-9(7-13)14-15/h2-6H,7,13H2,1H3. The van der Waals surface area contributed by atoms with Crippen molar-refractivity contribution in [2.45, 2.75) is 13.5 Å². The molecule has 4 heteroatoms. The van der Waals surface area contributed by atoms with Crippen LogP contribution in [0.3, 0.4) is 0 Å². The molecule has 3 nitrogen and oxygen atoms in total. The molecule has 0 saturated heterocycles. The van der Waals surface area contributed by atoms with Crippen molar-refractivity contribution in [1.29, 1.82) is 0 Å². The summed E-state index contributed by atoms with van der Waals surface area (Å²) in [4.78, 5) is 0. The number of hydrogen-bond donors (Lipinski definition) is 1. The predicted octanol–water partition coefficient (Wildman–Crippen LogP) is 2.40. The Morgan fingerprint density at radius 2 is 2.20 bits per heavy atom. The molecule has 0 fully saturated rings. The van der Waals surface area contributed by atoms with Gasteiger partial charge in [0.1, 0.15) is 0 Å². The molecule has 2 N–H and O–H groups in total. The van der Waals surface area contributed by atoms with Crippen LogP contribution < -0.4 is 5.73 Å². The highest BCUT2D eigenvalue weighted by Crippen LogP contribution is 2.21. The Morgan fingerprint density at radius 3 is 2.80 bits per heavy atom. The minimum atomic E-state index is 0.469. The number of halogens is 1. The van der Waals surface area contributed by atoms with Gasteiger partial charge >= 0.3 is 0 Å². The monoisotopic (exact) mass is 265 g/mol. The van der Waals surface area contributed by atoms with Gasteiger partial charge in [-0.25, -0.2) is 4.68 Å². The zero-order chi connectivity index (χ0) is 10.8. The Bertz CT molecular complexity index is 476. The van der Waals surface area contributed by atoms with Crippen LogP contribution in [0.1, 0.15) is 11.3 Å². The molecule has 1 heterocycles. The molecule has 1 aromatic heterocycles. The first-order valence-corrected chi connectivity index (χ1v) is 5.51. The van der Waals surface area contributed by atoms with E-state index in [0.717, 1.165) is 15.9 Å². The van der Waals surface area contributed by atoms with Crippen LogP contribution in [0, 0.1) is 6.92 Å². The van der Waals surface area contributed by atoms with Gasteiger partial charge in [-0.05, 0) is 46.6 Å². The molecular weight excluding hydrogens is 254 g/mol. The highest BCUT2D eigenvalue weighted by molar-refractivity contribution is 9.10. The number of nitrogens with two attached hydrogens (primary N) is 1. The summed E-state index contributed by atoms with van der Waals surface area (Å²) in [6.07, 6.45) is 1.91. The molecule has 0 amide bonds. The molecule has 0 unspecified atom stereocenters. The second-order valence-corrected chi connectivity index (χ2v) is 4.26. The van der Waals surface area contributed by atoms with Crippen molar-refractivity contribution < 1.29 is 0 Å². The highest BCUT2D eigenvalue weighted by Gasteiger charge is 2.04. The minimum absolute atomic E-state index is 0.469. The quantitative estimate of drug-likeness (QED) is 0.907. The van der Waals surface area contributed by atoms with Crippen LogP contribution in [0.15, 0.2) is 34.9 Å². The van der Waals surface area contributed by atoms with Gasteiger partial charge < -0.3 is 5.73 Å². The van der Waals surface area contributed by atoms with Crippen molar-refractivity contribution in [2.75, 3.05) is 0 Å². The van der Waals surface area contributed by atoms with Crippen LogP contribution in [0.2, 0.25) is 0 Å².